The first-order valence-electron chi connectivity index (χ1n) is 47.0. The molecule has 0 aliphatic carbocycles. The Kier molecular flexibility index (Phi) is 26.2. The summed E-state index contributed by atoms with van der Waals surface area (Å²) in [5.41, 5.74) is 32.6. The molecule has 0 saturated carbocycles. The molecule has 0 unspecified atom stereocenters. The molecule has 144 heavy (non-hydrogen) atoms. The molecule has 0 N–H and O–H groups in total. The highest BCUT2D eigenvalue weighted by Crippen LogP contribution is 2.41. The molecule has 0 atom stereocenters. The second-order valence-electron chi connectivity index (χ2n) is 33.9. The van der Waals surface area contributed by atoms with E-state index in [2.05, 4.69) is 245 Å². The van der Waals surface area contributed by atoms with Gasteiger partial charge in [-0.15, -0.1) is 0 Å². The number of hydrogen-bond acceptors (Lipinski definition) is 18. The van der Waals surface area contributed by atoms with Crippen LogP contribution in [-0.2, 0) is 0 Å². The Morgan fingerprint density at radius 2 is 0.312 bits per heavy atom. The van der Waals surface area contributed by atoms with Crippen LogP contribution in [0, 0.1) is 0 Å². The maximum absolute atomic E-state index is 5.03. The van der Waals surface area contributed by atoms with Gasteiger partial charge >= 0.3 is 0 Å². The third-order valence-corrected chi connectivity index (χ3v) is 24.6. The second-order valence-corrected chi connectivity index (χ2v) is 33.9. The highest BCUT2D eigenvalue weighted by Gasteiger charge is 2.22. The molecule has 678 valence electrons. The molecule has 0 spiro atoms. The number of hydrogen-bond donors (Lipinski definition) is 0. The van der Waals surface area contributed by atoms with E-state index in [1.165, 1.54) is 0 Å². The summed E-state index contributed by atoms with van der Waals surface area (Å²) in [4.78, 5) is 83.4. The number of pyridine rings is 3. The van der Waals surface area contributed by atoms with Gasteiger partial charge in [-0.2, -0.15) is 0 Å². The highest BCUT2D eigenvalue weighted by molar-refractivity contribution is 5.87. The zero-order chi connectivity index (χ0) is 96.4. The van der Waals surface area contributed by atoms with Gasteiger partial charge in [0, 0.05) is 135 Å². The van der Waals surface area contributed by atoms with E-state index in [1.54, 1.807) is 43.5 Å². The average molecular weight is 1850 g/mol. The van der Waals surface area contributed by atoms with Crippen LogP contribution in [0.2, 0.25) is 0 Å². The number of benzene rings is 15. The van der Waals surface area contributed by atoms with Gasteiger partial charge in [0.25, 0.3) is 0 Å². The van der Waals surface area contributed by atoms with Crippen molar-refractivity contribution in [1.29, 1.82) is 0 Å². The summed E-state index contributed by atoms with van der Waals surface area (Å²) in [5, 5.41) is 0. The first-order chi connectivity index (χ1) is 71.3. The average Bonchev–Trinajstić information content (AvgIpc) is 0.785. The molecule has 0 bridgehead atoms. The second kappa shape index (κ2) is 42.3. The third kappa shape index (κ3) is 21.0. The van der Waals surface area contributed by atoms with Crippen LogP contribution in [-0.4, -0.2) is 89.7 Å². The molecular formula is C126H84N18. The molecule has 0 amide bonds. The van der Waals surface area contributed by atoms with Crippen molar-refractivity contribution in [3.05, 3.63) is 511 Å². The standard InChI is InChI=1S/3C42H28N6/c1-3-8-33(9-4-1)40-46-41(34-10-5-2-6-11-34)48-42(47-40)38-27-36(30-14-12-29(13-15-30)32-20-24-43-25-21-32)26-37(28-38)31-16-18-35(19-17-31)39-44-22-7-23-45-39;1-3-7-34(8-4-1)40-46-41(35-9-5-2-6-10-35)48-42(47-40)38-26-36(30-13-11-29(12-14-30)32-19-22-43-23-20-32)25-37(27-38)31-15-17-33(18-16-31)39-21-24-44-28-45-39;1-3-7-34(8-4-1)40-46-41(35-9-5-2-6-10-35)48-42(47-40)38-26-36(30-13-11-29(12-14-30)32-19-21-43-22-20-32)25-37(27-38)31-15-17-33(18-16-31)39-28-44-23-24-45-39/h3*1-28H. The maximum atomic E-state index is 5.03. The van der Waals surface area contributed by atoms with E-state index >= 15 is 0 Å². The van der Waals surface area contributed by atoms with Crippen molar-refractivity contribution < 1.29 is 0 Å². The Bertz CT molecular complexity index is 7200. The molecule has 0 saturated heterocycles. The molecule has 24 aromatic rings. The fourth-order valence-electron chi connectivity index (χ4n) is 17.1. The van der Waals surface area contributed by atoms with Crippen LogP contribution in [0.4, 0.5) is 0 Å². The van der Waals surface area contributed by atoms with E-state index in [0.717, 1.165) is 178 Å². The summed E-state index contributed by atoms with van der Waals surface area (Å²) in [5.74, 6) is 6.27. The monoisotopic (exact) mass is 1850 g/mol. The van der Waals surface area contributed by atoms with Crippen molar-refractivity contribution in [3.8, 4) is 237 Å². The van der Waals surface area contributed by atoms with Crippen LogP contribution in [0.15, 0.2) is 511 Å². The molecular weight excluding hydrogens is 1770 g/mol. The summed E-state index contributed by atoms with van der Waals surface area (Å²) in [6.07, 6.45) is 22.9. The van der Waals surface area contributed by atoms with Crippen molar-refractivity contribution in [2.75, 3.05) is 0 Å². The fourth-order valence-corrected chi connectivity index (χ4v) is 17.1. The van der Waals surface area contributed by atoms with Gasteiger partial charge < -0.3 is 0 Å². The molecule has 0 radical (unpaired) electrons. The first kappa shape index (κ1) is 89.2. The van der Waals surface area contributed by atoms with Crippen molar-refractivity contribution in [1.82, 2.24) is 89.7 Å². The molecule has 24 rings (SSSR count). The minimum Gasteiger partial charge on any atom is -0.265 e. The summed E-state index contributed by atoms with van der Waals surface area (Å²) >= 11 is 0. The number of rotatable bonds is 21. The Labute approximate surface area is 832 Å². The topological polar surface area (TPSA) is 232 Å². The Hall–Kier alpha value is -20.0. The largest absolute Gasteiger partial charge is 0.265 e. The van der Waals surface area contributed by atoms with Gasteiger partial charge in [0.2, 0.25) is 0 Å². The quantitative estimate of drug-likeness (QED) is 0.0650. The zero-order valence-corrected chi connectivity index (χ0v) is 77.5. The normalized spacial score (nSPS) is 10.9. The Morgan fingerprint density at radius 1 is 0.104 bits per heavy atom. The van der Waals surface area contributed by atoms with Gasteiger partial charge in [0.15, 0.2) is 58.2 Å². The van der Waals surface area contributed by atoms with E-state index in [0.29, 0.717) is 58.2 Å². The number of aromatic nitrogens is 18. The molecule has 18 nitrogen and oxygen atoms in total. The predicted molar refractivity (Wildman–Crippen MR) is 574 cm³/mol. The van der Waals surface area contributed by atoms with Crippen molar-refractivity contribution in [2.24, 2.45) is 0 Å². The number of nitrogens with zero attached hydrogens (tertiary/aromatic N) is 18. The van der Waals surface area contributed by atoms with Crippen molar-refractivity contribution in [3.63, 3.8) is 0 Å². The fraction of sp³-hybridized carbons (Fsp3) is 0. The maximum Gasteiger partial charge on any atom is 0.164 e. The van der Waals surface area contributed by atoms with Crippen LogP contribution in [0.5, 0.6) is 0 Å². The zero-order valence-electron chi connectivity index (χ0n) is 77.5. The van der Waals surface area contributed by atoms with Gasteiger partial charge in [-0.25, -0.2) is 64.8 Å². The van der Waals surface area contributed by atoms with Crippen LogP contribution >= 0.6 is 0 Å². The van der Waals surface area contributed by atoms with Gasteiger partial charge in [0.1, 0.15) is 6.33 Å². The smallest absolute Gasteiger partial charge is 0.164 e. The lowest BCUT2D eigenvalue weighted by molar-refractivity contribution is 1.07. The molecule has 9 aromatic heterocycles. The van der Waals surface area contributed by atoms with Crippen LogP contribution in [0.25, 0.3) is 237 Å². The van der Waals surface area contributed by atoms with Gasteiger partial charge in [-0.05, 0) is 203 Å². The predicted octanol–water partition coefficient (Wildman–Crippen LogP) is 29.2. The van der Waals surface area contributed by atoms with Crippen molar-refractivity contribution in [2.45, 2.75) is 0 Å². The highest BCUT2D eigenvalue weighted by atomic mass is 15.1. The molecule has 0 aliphatic rings. The summed E-state index contributed by atoms with van der Waals surface area (Å²) in [7, 11) is 0. The minimum atomic E-state index is 0.605. The van der Waals surface area contributed by atoms with E-state index in [9.17, 15) is 0 Å². The first-order valence-corrected chi connectivity index (χ1v) is 47.0. The third-order valence-electron chi connectivity index (χ3n) is 24.6. The summed E-state index contributed by atoms with van der Waals surface area (Å²) in [6.45, 7) is 0. The lowest BCUT2D eigenvalue weighted by Gasteiger charge is -2.13. The SMILES string of the molecule is c1ccc(-c2nc(-c3ccccc3)nc(-c3cc(-c4ccc(-c5ccncc5)cc4)cc(-c4ccc(-c5ccncn5)cc4)c3)n2)cc1.c1ccc(-c2nc(-c3ccccc3)nc(-c3cc(-c4ccc(-c5ccncc5)cc4)cc(-c4ccc(-c5cnccn5)cc4)c3)n2)cc1.c1ccc(-c2nc(-c3ccccc3)nc(-c3cc(-c4ccc(-c5ccncc5)cc4)cc(-c4ccc(-c5ncccn5)cc4)c3)n2)cc1. The lowest BCUT2D eigenvalue weighted by atomic mass is 9.94. The van der Waals surface area contributed by atoms with Crippen LogP contribution in [0.3, 0.4) is 0 Å². The summed E-state index contributed by atoms with van der Waals surface area (Å²) < 4.78 is 0. The molecule has 0 aliphatic heterocycles. The molecule has 0 fully saturated rings. The van der Waals surface area contributed by atoms with E-state index in [4.69, 9.17) is 44.9 Å². The van der Waals surface area contributed by atoms with E-state index in [1.807, 2.05) is 268 Å². The lowest BCUT2D eigenvalue weighted by Crippen LogP contribution is -2.00. The van der Waals surface area contributed by atoms with Crippen LogP contribution in [0.1, 0.15) is 0 Å². The van der Waals surface area contributed by atoms with E-state index < -0.39 is 0 Å². The molecule has 15 aromatic carbocycles. The van der Waals surface area contributed by atoms with Crippen LogP contribution < -0.4 is 0 Å². The Morgan fingerprint density at radius 3 is 0.556 bits per heavy atom. The van der Waals surface area contributed by atoms with Gasteiger partial charge in [0.05, 0.1) is 17.6 Å². The molecule has 18 heteroatoms. The van der Waals surface area contributed by atoms with Gasteiger partial charge in [-0.1, -0.05) is 328 Å². The van der Waals surface area contributed by atoms with Crippen molar-refractivity contribution >= 4 is 0 Å². The Balaban J connectivity index is 0.000000123. The minimum absolute atomic E-state index is 0.605. The van der Waals surface area contributed by atoms with E-state index in [-0.39, 0.29) is 0 Å². The molecule has 9 heterocycles. The van der Waals surface area contributed by atoms with Gasteiger partial charge in [-0.3, -0.25) is 24.9 Å². The summed E-state index contributed by atoms with van der Waals surface area (Å²) in [6, 6.07) is 147.